The van der Waals surface area contributed by atoms with E-state index >= 15 is 0 Å². The van der Waals surface area contributed by atoms with Crippen molar-refractivity contribution in [2.24, 2.45) is 0 Å². The minimum Gasteiger partial charge on any atom is -0.508 e. The number of nitriles is 1. The van der Waals surface area contributed by atoms with Crippen molar-refractivity contribution >= 4 is 0 Å². The molecule has 0 unspecified atom stereocenters. The lowest BCUT2D eigenvalue weighted by Gasteiger charge is -2.14. The van der Waals surface area contributed by atoms with Gasteiger partial charge in [-0.3, -0.25) is 4.57 Å². The Labute approximate surface area is 175 Å². The summed E-state index contributed by atoms with van der Waals surface area (Å²) in [5.41, 5.74) is 3.07. The van der Waals surface area contributed by atoms with Gasteiger partial charge in [0.2, 0.25) is 0 Å². The molecule has 0 saturated heterocycles. The molecule has 1 aromatic heterocycles. The number of phenols is 2. The molecule has 0 aliphatic carbocycles. The number of phenolic OH excluding ortho intramolecular Hbond substituents is 2. The molecule has 0 fully saturated rings. The number of hydrogen-bond donors (Lipinski definition) is 4. The number of aromatic nitrogens is 3. The fourth-order valence-electron chi connectivity index (χ4n) is 3.20. The number of nitrogens with one attached hydrogen (secondary N) is 1. The first kappa shape index (κ1) is 21.1. The normalized spacial score (nSPS) is 11.0. The molecule has 0 atom stereocenters. The number of rotatable bonds is 8. The second-order valence-electron chi connectivity index (χ2n) is 7.39. The zero-order valence-electron chi connectivity index (χ0n) is 17.0. The minimum atomic E-state index is -0.259. The van der Waals surface area contributed by atoms with Gasteiger partial charge in [-0.2, -0.15) is 5.26 Å². The van der Waals surface area contributed by atoms with Crippen LogP contribution in [-0.4, -0.2) is 36.6 Å². The average molecular weight is 407 g/mol. The van der Waals surface area contributed by atoms with Gasteiger partial charge in [0.1, 0.15) is 11.5 Å². The van der Waals surface area contributed by atoms with Gasteiger partial charge in [0, 0.05) is 25.6 Å². The zero-order valence-corrected chi connectivity index (χ0v) is 17.0. The monoisotopic (exact) mass is 407 g/mol. The molecule has 8 nitrogen and oxygen atoms in total. The van der Waals surface area contributed by atoms with Crippen LogP contribution in [0.2, 0.25) is 0 Å². The highest BCUT2D eigenvalue weighted by atomic mass is 16.3. The second-order valence-corrected chi connectivity index (χ2v) is 7.39. The molecule has 4 N–H and O–H groups in total. The predicted molar refractivity (Wildman–Crippen MR) is 112 cm³/mol. The molecule has 0 saturated carbocycles. The lowest BCUT2D eigenvalue weighted by atomic mass is 9.98. The first-order chi connectivity index (χ1) is 14.4. The van der Waals surface area contributed by atoms with Crippen LogP contribution in [0.3, 0.4) is 0 Å². The van der Waals surface area contributed by atoms with E-state index in [9.17, 15) is 15.3 Å². The third-order valence-corrected chi connectivity index (χ3v) is 4.85. The molecule has 1 heterocycles. The van der Waals surface area contributed by atoms with Crippen molar-refractivity contribution in [2.45, 2.75) is 39.3 Å². The topological polar surface area (TPSA) is 127 Å². The van der Waals surface area contributed by atoms with E-state index in [1.807, 2.05) is 38.1 Å². The maximum Gasteiger partial charge on any atom is 0.315 e. The summed E-state index contributed by atoms with van der Waals surface area (Å²) in [4.78, 5) is 0. The average Bonchev–Trinajstić information content (AvgIpc) is 3.06. The third-order valence-electron chi connectivity index (χ3n) is 4.85. The molecule has 3 aromatic rings. The van der Waals surface area contributed by atoms with Gasteiger partial charge in [0.05, 0.1) is 18.2 Å². The Morgan fingerprint density at radius 3 is 2.40 bits per heavy atom. The summed E-state index contributed by atoms with van der Waals surface area (Å²) in [6.07, 6.45) is 0.469. The van der Waals surface area contributed by atoms with Crippen molar-refractivity contribution in [1.29, 1.82) is 5.26 Å². The Morgan fingerprint density at radius 2 is 1.73 bits per heavy atom. The first-order valence-electron chi connectivity index (χ1n) is 9.74. The van der Waals surface area contributed by atoms with Gasteiger partial charge in [0.15, 0.2) is 5.82 Å². The highest BCUT2D eigenvalue weighted by Gasteiger charge is 2.20. The summed E-state index contributed by atoms with van der Waals surface area (Å²) >= 11 is 0. The number of aromatic hydroxyl groups is 3. The Hall–Kier alpha value is -3.57. The third kappa shape index (κ3) is 4.70. The van der Waals surface area contributed by atoms with Crippen LogP contribution in [0, 0.1) is 11.3 Å². The maximum atomic E-state index is 10.4. The largest absolute Gasteiger partial charge is 0.508 e. The van der Waals surface area contributed by atoms with E-state index in [4.69, 9.17) is 5.26 Å². The van der Waals surface area contributed by atoms with E-state index in [-0.39, 0.29) is 23.4 Å². The standard InChI is InChI=1S/C22H25N5O3/c1-14(2)17-10-18(20(29)11-19(17)28)21-25-26-22(30)27(21)13-16-6-4-15(5-7-16)12-24-9-3-8-23/h4-7,10-11,14,24,28-29H,3,9,12-13H2,1-2H3,(H,26,30). The lowest BCUT2D eigenvalue weighted by molar-refractivity contribution is 0.404. The first-order valence-corrected chi connectivity index (χ1v) is 9.74. The Kier molecular flexibility index (Phi) is 6.54. The van der Waals surface area contributed by atoms with Crippen LogP contribution >= 0.6 is 0 Å². The molecule has 2 aromatic carbocycles. The second kappa shape index (κ2) is 9.29. The smallest absolute Gasteiger partial charge is 0.315 e. The summed E-state index contributed by atoms with van der Waals surface area (Å²) in [5, 5.41) is 50.2. The van der Waals surface area contributed by atoms with Crippen LogP contribution in [-0.2, 0) is 13.1 Å². The Balaban J connectivity index is 1.84. The zero-order chi connectivity index (χ0) is 21.7. The number of hydrogen-bond acceptors (Lipinski definition) is 7. The summed E-state index contributed by atoms with van der Waals surface area (Å²) < 4.78 is 1.51. The summed E-state index contributed by atoms with van der Waals surface area (Å²) in [5.74, 6) is 0.239. The van der Waals surface area contributed by atoms with Crippen molar-refractivity contribution in [3.8, 4) is 35.0 Å². The molecule has 0 bridgehead atoms. The van der Waals surface area contributed by atoms with Gasteiger partial charge < -0.3 is 20.6 Å². The van der Waals surface area contributed by atoms with E-state index < -0.39 is 0 Å². The van der Waals surface area contributed by atoms with Crippen LogP contribution in [0.5, 0.6) is 17.5 Å². The summed E-state index contributed by atoms with van der Waals surface area (Å²) in [6.45, 7) is 5.51. The quantitative estimate of drug-likeness (QED) is 0.422. The molecule has 0 radical (unpaired) electrons. The van der Waals surface area contributed by atoms with Crippen molar-refractivity contribution in [2.75, 3.05) is 6.54 Å². The molecule has 30 heavy (non-hydrogen) atoms. The molecule has 0 spiro atoms. The highest BCUT2D eigenvalue weighted by molar-refractivity contribution is 5.68. The maximum absolute atomic E-state index is 10.4. The van der Waals surface area contributed by atoms with Crippen molar-refractivity contribution in [3.63, 3.8) is 0 Å². The summed E-state index contributed by atoms with van der Waals surface area (Å²) in [7, 11) is 0. The number of nitrogens with zero attached hydrogens (tertiary/aromatic N) is 4. The van der Waals surface area contributed by atoms with E-state index in [0.29, 0.717) is 43.0 Å². The van der Waals surface area contributed by atoms with E-state index in [1.165, 1.54) is 10.6 Å². The van der Waals surface area contributed by atoms with Gasteiger partial charge >= 0.3 is 6.01 Å². The van der Waals surface area contributed by atoms with Crippen LogP contribution in [0.15, 0.2) is 36.4 Å². The molecule has 0 aliphatic heterocycles. The fourth-order valence-corrected chi connectivity index (χ4v) is 3.20. The molecule has 156 valence electrons. The van der Waals surface area contributed by atoms with Crippen LogP contribution in [0.4, 0.5) is 0 Å². The van der Waals surface area contributed by atoms with E-state index in [2.05, 4.69) is 21.6 Å². The van der Waals surface area contributed by atoms with Crippen LogP contribution in [0.1, 0.15) is 42.9 Å². The van der Waals surface area contributed by atoms with Gasteiger partial charge in [-0.15, -0.1) is 5.10 Å². The molecule has 0 amide bonds. The molecular formula is C22H25N5O3. The van der Waals surface area contributed by atoms with E-state index in [0.717, 1.165) is 11.1 Å². The van der Waals surface area contributed by atoms with E-state index in [1.54, 1.807) is 6.07 Å². The highest BCUT2D eigenvalue weighted by Crippen LogP contribution is 2.38. The molecular weight excluding hydrogens is 382 g/mol. The van der Waals surface area contributed by atoms with Gasteiger partial charge in [0.25, 0.3) is 0 Å². The van der Waals surface area contributed by atoms with Crippen molar-refractivity contribution in [3.05, 3.63) is 53.1 Å². The SMILES string of the molecule is CC(C)c1cc(-c2nnc(O)n2Cc2ccc(CNCCC#N)cc2)c(O)cc1O. The number of benzene rings is 2. The molecule has 8 heteroatoms. The van der Waals surface area contributed by atoms with Crippen LogP contribution in [0.25, 0.3) is 11.4 Å². The lowest BCUT2D eigenvalue weighted by Crippen LogP contribution is -2.14. The van der Waals surface area contributed by atoms with Gasteiger partial charge in [-0.25, -0.2) is 0 Å². The predicted octanol–water partition coefficient (Wildman–Crippen LogP) is 3.24. The summed E-state index contributed by atoms with van der Waals surface area (Å²) in [6, 6.07) is 12.6. The molecule has 0 aliphatic rings. The van der Waals surface area contributed by atoms with Crippen molar-refractivity contribution < 1.29 is 15.3 Å². The van der Waals surface area contributed by atoms with Gasteiger partial charge in [-0.1, -0.05) is 43.2 Å². The molecule has 3 rings (SSSR count). The van der Waals surface area contributed by atoms with Crippen LogP contribution < -0.4 is 5.32 Å². The minimum absolute atomic E-state index is 0.0144. The fraction of sp³-hybridized carbons (Fsp3) is 0.318. The Bertz CT molecular complexity index is 1050. The van der Waals surface area contributed by atoms with Gasteiger partial charge in [-0.05, 0) is 28.7 Å². The van der Waals surface area contributed by atoms with Crippen molar-refractivity contribution in [1.82, 2.24) is 20.1 Å². The Morgan fingerprint density at radius 1 is 1.03 bits per heavy atom.